The van der Waals surface area contributed by atoms with E-state index < -0.39 is 24.0 Å². The molecule has 1 fully saturated rings. The lowest BCUT2D eigenvalue weighted by molar-refractivity contribution is -0.146. The average Bonchev–Trinajstić information content (AvgIpc) is 2.80. The van der Waals surface area contributed by atoms with Crippen LogP contribution in [0, 0.1) is 0 Å². The van der Waals surface area contributed by atoms with Gasteiger partial charge in [-0.3, -0.25) is 4.79 Å². The zero-order chi connectivity index (χ0) is 15.6. The van der Waals surface area contributed by atoms with Crippen molar-refractivity contribution in [1.29, 1.82) is 0 Å². The van der Waals surface area contributed by atoms with Crippen molar-refractivity contribution in [2.45, 2.75) is 18.6 Å². The summed E-state index contributed by atoms with van der Waals surface area (Å²) in [6, 6.07) is 3.94. The summed E-state index contributed by atoms with van der Waals surface area (Å²) in [5.74, 6) is -1.64. The highest BCUT2D eigenvalue weighted by atomic mass is 35.5. The number of carbonyl (C=O) groups excluding carboxylic acids is 1. The quantitative estimate of drug-likeness (QED) is 0.832. The first kappa shape index (κ1) is 15.8. The van der Waals surface area contributed by atoms with Crippen molar-refractivity contribution in [2.75, 3.05) is 6.54 Å². The van der Waals surface area contributed by atoms with E-state index in [4.69, 9.17) is 28.3 Å². The number of aliphatic carboxylic acids is 1. The summed E-state index contributed by atoms with van der Waals surface area (Å²) in [7, 11) is 0. The van der Waals surface area contributed by atoms with Crippen LogP contribution in [0.2, 0.25) is 10.0 Å². The van der Waals surface area contributed by atoms with Crippen molar-refractivity contribution in [3.05, 3.63) is 39.9 Å². The molecule has 1 aliphatic rings. The van der Waals surface area contributed by atoms with Gasteiger partial charge in [-0.1, -0.05) is 29.3 Å². The third-order valence-corrected chi connectivity index (χ3v) is 3.90. The maximum Gasteiger partial charge on any atom is 0.326 e. The van der Waals surface area contributed by atoms with E-state index in [1.165, 1.54) is 12.2 Å². The number of nitrogens with zero attached hydrogens (tertiary/aromatic N) is 1. The van der Waals surface area contributed by atoms with Gasteiger partial charge in [0, 0.05) is 34.7 Å². The standard InChI is InChI=1S/C14H13Cl2NO4/c15-10-2-1-3-11(16)9(10)4-5-13(19)17-7-8(18)6-12(17)14(20)21/h1-5,8,12,18H,6-7H2,(H,20,21)/b5-4+. The number of hydrogen-bond donors (Lipinski definition) is 2. The Kier molecular flexibility index (Phi) is 4.88. The van der Waals surface area contributed by atoms with Gasteiger partial charge in [0.25, 0.3) is 0 Å². The van der Waals surface area contributed by atoms with Gasteiger partial charge in [0.2, 0.25) is 5.91 Å². The van der Waals surface area contributed by atoms with Crippen molar-refractivity contribution in [3.8, 4) is 0 Å². The molecule has 0 bridgehead atoms. The number of carbonyl (C=O) groups is 2. The molecule has 2 atom stereocenters. The number of aliphatic hydroxyl groups is 1. The smallest absolute Gasteiger partial charge is 0.326 e. The fourth-order valence-corrected chi connectivity index (χ4v) is 2.74. The number of likely N-dealkylation sites (tertiary alicyclic amines) is 1. The summed E-state index contributed by atoms with van der Waals surface area (Å²) in [4.78, 5) is 24.3. The first-order chi connectivity index (χ1) is 9.90. The van der Waals surface area contributed by atoms with Crippen LogP contribution >= 0.6 is 23.2 Å². The lowest BCUT2D eigenvalue weighted by Crippen LogP contribution is -2.39. The van der Waals surface area contributed by atoms with Crippen LogP contribution in [0.5, 0.6) is 0 Å². The Morgan fingerprint density at radius 1 is 1.29 bits per heavy atom. The summed E-state index contributed by atoms with van der Waals surface area (Å²) >= 11 is 12.0. The highest BCUT2D eigenvalue weighted by Gasteiger charge is 2.38. The summed E-state index contributed by atoms with van der Waals surface area (Å²) < 4.78 is 0. The molecule has 2 rings (SSSR count). The Morgan fingerprint density at radius 2 is 1.90 bits per heavy atom. The summed E-state index contributed by atoms with van der Waals surface area (Å²) in [6.45, 7) is -0.00358. The van der Waals surface area contributed by atoms with E-state index in [1.54, 1.807) is 18.2 Å². The summed E-state index contributed by atoms with van der Waals surface area (Å²) in [5, 5.41) is 19.4. The number of carboxylic acid groups (broad SMARTS) is 1. The molecule has 2 unspecified atom stereocenters. The highest BCUT2D eigenvalue weighted by Crippen LogP contribution is 2.26. The van der Waals surface area contributed by atoms with Gasteiger partial charge in [-0.25, -0.2) is 4.79 Å². The Morgan fingerprint density at radius 3 is 2.48 bits per heavy atom. The third-order valence-electron chi connectivity index (χ3n) is 3.24. The largest absolute Gasteiger partial charge is 0.480 e. The molecule has 2 N–H and O–H groups in total. The topological polar surface area (TPSA) is 77.8 Å². The van der Waals surface area contributed by atoms with Crippen LogP contribution in [0.4, 0.5) is 0 Å². The minimum absolute atomic E-state index is 0.00358. The molecule has 5 nitrogen and oxygen atoms in total. The number of rotatable bonds is 3. The van der Waals surface area contributed by atoms with E-state index >= 15 is 0 Å². The van der Waals surface area contributed by atoms with Crippen molar-refractivity contribution in [3.63, 3.8) is 0 Å². The fraction of sp³-hybridized carbons (Fsp3) is 0.286. The number of benzene rings is 1. The van der Waals surface area contributed by atoms with Gasteiger partial charge in [0.15, 0.2) is 0 Å². The summed E-state index contributed by atoms with van der Waals surface area (Å²) in [6.07, 6.45) is 1.85. The van der Waals surface area contributed by atoms with Gasteiger partial charge >= 0.3 is 5.97 Å². The van der Waals surface area contributed by atoms with Gasteiger partial charge in [-0.2, -0.15) is 0 Å². The van der Waals surface area contributed by atoms with Crippen molar-refractivity contribution in [1.82, 2.24) is 4.90 Å². The number of aliphatic hydroxyl groups excluding tert-OH is 1. The lowest BCUT2D eigenvalue weighted by Gasteiger charge is -2.19. The molecule has 7 heteroatoms. The molecule has 1 aromatic rings. The molecule has 1 aromatic carbocycles. The monoisotopic (exact) mass is 329 g/mol. The maximum absolute atomic E-state index is 12.1. The molecule has 0 aliphatic carbocycles. The van der Waals surface area contributed by atoms with Gasteiger partial charge in [-0.05, 0) is 18.2 Å². The minimum atomic E-state index is -1.14. The molecule has 0 radical (unpaired) electrons. The number of halogens is 2. The van der Waals surface area contributed by atoms with Crippen LogP contribution in [0.1, 0.15) is 12.0 Å². The predicted octanol–water partition coefficient (Wildman–Crippen LogP) is 2.05. The van der Waals surface area contributed by atoms with Crippen LogP contribution in [0.15, 0.2) is 24.3 Å². The molecule has 21 heavy (non-hydrogen) atoms. The Hall–Kier alpha value is -1.56. The third kappa shape index (κ3) is 3.56. The number of amides is 1. The molecule has 112 valence electrons. The van der Waals surface area contributed by atoms with Crippen LogP contribution in [0.25, 0.3) is 6.08 Å². The molecule has 0 spiro atoms. The second kappa shape index (κ2) is 6.47. The zero-order valence-corrected chi connectivity index (χ0v) is 12.4. The number of hydrogen-bond acceptors (Lipinski definition) is 3. The number of carboxylic acids is 1. The van der Waals surface area contributed by atoms with Crippen LogP contribution in [-0.4, -0.2) is 45.7 Å². The SMILES string of the molecule is O=C(O)C1CC(O)CN1C(=O)/C=C/c1c(Cl)cccc1Cl. The lowest BCUT2D eigenvalue weighted by atomic mass is 10.2. The predicted molar refractivity (Wildman–Crippen MR) is 79.3 cm³/mol. The second-order valence-corrected chi connectivity index (χ2v) is 5.52. The van der Waals surface area contributed by atoms with E-state index in [9.17, 15) is 14.7 Å². The summed E-state index contributed by atoms with van der Waals surface area (Å²) in [5.41, 5.74) is 0.487. The first-order valence-electron chi connectivity index (χ1n) is 6.23. The van der Waals surface area contributed by atoms with Crippen molar-refractivity contribution >= 4 is 41.2 Å². The molecule has 0 saturated carbocycles. The highest BCUT2D eigenvalue weighted by molar-refractivity contribution is 6.37. The van der Waals surface area contributed by atoms with Crippen molar-refractivity contribution in [2.24, 2.45) is 0 Å². The number of β-amino-alcohol motifs (C(OH)–C–C–N with tert-alkyl or cyclic N) is 1. The molecule has 1 heterocycles. The average molecular weight is 330 g/mol. The Balaban J connectivity index is 2.17. The van der Waals surface area contributed by atoms with Crippen LogP contribution < -0.4 is 0 Å². The Labute approximate surface area is 131 Å². The zero-order valence-electron chi connectivity index (χ0n) is 10.9. The minimum Gasteiger partial charge on any atom is -0.480 e. The molecular formula is C14H13Cl2NO4. The Bertz CT molecular complexity index is 582. The molecular weight excluding hydrogens is 317 g/mol. The molecule has 1 saturated heterocycles. The first-order valence-corrected chi connectivity index (χ1v) is 6.99. The van der Waals surface area contributed by atoms with E-state index in [2.05, 4.69) is 0 Å². The fourth-order valence-electron chi connectivity index (χ4n) is 2.21. The van der Waals surface area contributed by atoms with E-state index in [1.807, 2.05) is 0 Å². The van der Waals surface area contributed by atoms with Gasteiger partial charge in [0.05, 0.1) is 6.10 Å². The normalized spacial score (nSPS) is 22.0. The molecule has 0 aromatic heterocycles. The van der Waals surface area contributed by atoms with Gasteiger partial charge < -0.3 is 15.1 Å². The van der Waals surface area contributed by atoms with E-state index in [-0.39, 0.29) is 13.0 Å². The van der Waals surface area contributed by atoms with Gasteiger partial charge in [0.1, 0.15) is 6.04 Å². The van der Waals surface area contributed by atoms with Crippen LogP contribution in [0.3, 0.4) is 0 Å². The van der Waals surface area contributed by atoms with E-state index in [0.29, 0.717) is 15.6 Å². The van der Waals surface area contributed by atoms with Crippen molar-refractivity contribution < 1.29 is 19.8 Å². The van der Waals surface area contributed by atoms with Crippen LogP contribution in [-0.2, 0) is 9.59 Å². The molecule has 1 amide bonds. The van der Waals surface area contributed by atoms with Gasteiger partial charge in [-0.15, -0.1) is 0 Å². The maximum atomic E-state index is 12.1. The molecule has 1 aliphatic heterocycles. The second-order valence-electron chi connectivity index (χ2n) is 4.70. The van der Waals surface area contributed by atoms with E-state index in [0.717, 1.165) is 4.90 Å².